The van der Waals surface area contributed by atoms with Gasteiger partial charge in [-0.15, -0.1) is 0 Å². The van der Waals surface area contributed by atoms with E-state index in [0.717, 1.165) is 68.4 Å². The van der Waals surface area contributed by atoms with Crippen molar-refractivity contribution in [1.29, 1.82) is 0 Å². The van der Waals surface area contributed by atoms with Gasteiger partial charge in [0, 0.05) is 74.4 Å². The molecule has 4 heterocycles. The van der Waals surface area contributed by atoms with Gasteiger partial charge >= 0.3 is 53.7 Å². The maximum Gasteiger partial charge on any atom is 0.308 e. The first kappa shape index (κ1) is 57.0. The molecule has 3 unspecified atom stereocenters. The lowest BCUT2D eigenvalue weighted by atomic mass is 9.95. The van der Waals surface area contributed by atoms with Crippen molar-refractivity contribution < 1.29 is 124 Å². The van der Waals surface area contributed by atoms with Gasteiger partial charge in [0.05, 0.1) is 26.2 Å². The molecule has 0 radical (unpaired) electrons. The number of benzene rings is 2. The molecule has 0 aliphatic carbocycles. The molecule has 2 aromatic carbocycles. The summed E-state index contributed by atoms with van der Waals surface area (Å²) in [6.45, 7) is 5.96. The van der Waals surface area contributed by atoms with Crippen molar-refractivity contribution in [1.82, 2.24) is 0 Å². The topological polar surface area (TPSA) is 318 Å². The van der Waals surface area contributed by atoms with Crippen LogP contribution < -0.4 is 14.2 Å². The van der Waals surface area contributed by atoms with E-state index in [1.54, 1.807) is 30.3 Å². The lowest BCUT2D eigenvalue weighted by Gasteiger charge is -2.45. The number of hydrogen-bond acceptors (Lipinski definition) is 26. The first-order valence-electron chi connectivity index (χ1n) is 23.2. The second-order valence-corrected chi connectivity index (χ2v) is 17.6. The van der Waals surface area contributed by atoms with Gasteiger partial charge in [0.2, 0.25) is 17.5 Å². The summed E-state index contributed by atoms with van der Waals surface area (Å²) < 4.78 is 93.3. The monoisotopic (exact) mass is 1060 g/mol. The van der Waals surface area contributed by atoms with Crippen molar-refractivity contribution in [2.45, 2.75) is 142 Å². The van der Waals surface area contributed by atoms with Gasteiger partial charge in [0.15, 0.2) is 48.9 Å². The van der Waals surface area contributed by atoms with Crippen LogP contribution in [0.4, 0.5) is 0 Å². The zero-order valence-corrected chi connectivity index (χ0v) is 42.2. The first-order chi connectivity index (χ1) is 35.4. The average molecular weight is 1060 g/mol. The van der Waals surface area contributed by atoms with Crippen LogP contribution in [0.5, 0.6) is 17.2 Å². The molecule has 26 nitrogen and oxygen atoms in total. The van der Waals surface area contributed by atoms with Gasteiger partial charge in [-0.1, -0.05) is 30.3 Å². The molecular weight excluding hydrogens is 1000 g/mol. The second-order valence-electron chi connectivity index (χ2n) is 17.6. The van der Waals surface area contributed by atoms with E-state index in [4.69, 9.17) is 75.8 Å². The lowest BCUT2D eigenvalue weighted by molar-refractivity contribution is -0.322. The van der Waals surface area contributed by atoms with Crippen molar-refractivity contribution in [3.8, 4) is 17.2 Å². The molecule has 4 aliphatic rings. The van der Waals surface area contributed by atoms with E-state index in [1.807, 2.05) is 0 Å². The van der Waals surface area contributed by atoms with E-state index in [0.29, 0.717) is 5.56 Å². The van der Waals surface area contributed by atoms with Crippen molar-refractivity contribution in [3.63, 3.8) is 0 Å². The molecule has 408 valence electrons. The smallest absolute Gasteiger partial charge is 0.308 e. The minimum Gasteiger partial charge on any atom is -0.484 e. The summed E-state index contributed by atoms with van der Waals surface area (Å²) in [6.07, 6.45) is -16.7. The third-order valence-corrected chi connectivity index (χ3v) is 11.4. The molecule has 26 heteroatoms. The first-order valence-corrected chi connectivity index (χ1v) is 23.2. The predicted molar refractivity (Wildman–Crippen MR) is 241 cm³/mol. The number of ketones is 1. The molecule has 0 N–H and O–H groups in total. The molecule has 0 amide bonds. The molecule has 3 saturated heterocycles. The number of ether oxygens (including phenoxy) is 16. The fraction of sp³-hybridized carbons (Fsp3) is 0.551. The number of hydrogen-bond donors (Lipinski definition) is 0. The van der Waals surface area contributed by atoms with Crippen LogP contribution >= 0.6 is 0 Å². The number of esters is 9. The van der Waals surface area contributed by atoms with Crippen LogP contribution in [0.1, 0.15) is 90.8 Å². The summed E-state index contributed by atoms with van der Waals surface area (Å²) in [4.78, 5) is 127. The van der Waals surface area contributed by atoms with E-state index in [1.165, 1.54) is 6.07 Å². The molecule has 0 bridgehead atoms. The fourth-order valence-corrected chi connectivity index (χ4v) is 8.67. The summed E-state index contributed by atoms with van der Waals surface area (Å²) >= 11 is 0. The molecule has 75 heavy (non-hydrogen) atoms. The molecule has 6 rings (SSSR count). The Balaban J connectivity index is 1.42. The summed E-state index contributed by atoms with van der Waals surface area (Å²) in [5, 5.41) is 0. The van der Waals surface area contributed by atoms with Gasteiger partial charge in [-0.25, -0.2) is 0 Å². The Morgan fingerprint density at radius 3 is 1.71 bits per heavy atom. The number of fused-ring (bicyclic) bond motifs is 1. The van der Waals surface area contributed by atoms with E-state index in [-0.39, 0.29) is 29.2 Å². The van der Waals surface area contributed by atoms with E-state index in [9.17, 15) is 47.9 Å². The van der Waals surface area contributed by atoms with Crippen molar-refractivity contribution in [2.24, 2.45) is 0 Å². The number of carbonyl (C=O) groups excluding carboxylic acids is 10. The summed E-state index contributed by atoms with van der Waals surface area (Å²) in [6, 6.07) is 11.2. The average Bonchev–Trinajstić information content (AvgIpc) is 3.80. The van der Waals surface area contributed by atoms with E-state index in [2.05, 4.69) is 0 Å². The third kappa shape index (κ3) is 14.3. The molecule has 0 saturated carbocycles. The van der Waals surface area contributed by atoms with E-state index >= 15 is 0 Å². The normalized spacial score (nSPS) is 28.7. The highest BCUT2D eigenvalue weighted by Crippen LogP contribution is 2.45. The van der Waals surface area contributed by atoms with Crippen LogP contribution in [0.15, 0.2) is 42.5 Å². The van der Waals surface area contributed by atoms with Gasteiger partial charge < -0.3 is 75.8 Å². The lowest BCUT2D eigenvalue weighted by Crippen LogP contribution is -2.64. The predicted octanol–water partition coefficient (Wildman–Crippen LogP) is 1.99. The van der Waals surface area contributed by atoms with Crippen LogP contribution in [0.25, 0.3) is 0 Å². The van der Waals surface area contributed by atoms with Crippen molar-refractivity contribution in [2.75, 3.05) is 33.0 Å². The highest BCUT2D eigenvalue weighted by Gasteiger charge is 2.62. The Bertz CT molecular complexity index is 2510. The SMILES string of the molecule is CC(=O)OC[C@H]1O[C@@H](Oc2cc(OC(C)=O)c3c(c2)OC(c2ccccc2)CC3=O)[C@H](OC2OC[C@@](COC3OC[C@@](COC(C)=O)(OC(C)=O)[C@H]3OC(C)=O)(OC(C)=O)[C@H]2OC(C)=O)[C@@H](OC(C)=O)[C@@H]1OC(C)=O. The second kappa shape index (κ2) is 24.4. The minimum atomic E-state index is -2.21. The highest BCUT2D eigenvalue weighted by molar-refractivity contribution is 6.03. The molecule has 0 aromatic heterocycles. The van der Waals surface area contributed by atoms with Crippen LogP contribution in [-0.2, 0) is 105 Å². The zero-order valence-electron chi connectivity index (χ0n) is 42.2. The van der Waals surface area contributed by atoms with Gasteiger partial charge in [-0.2, -0.15) is 0 Å². The number of rotatable bonds is 19. The minimum absolute atomic E-state index is 0.0909. The van der Waals surface area contributed by atoms with Crippen LogP contribution in [0.3, 0.4) is 0 Å². The van der Waals surface area contributed by atoms with E-state index < -0.39 is 165 Å². The number of carbonyl (C=O) groups is 10. The number of Topliss-reactive ketones (excluding diaryl/α,β-unsaturated/α-hetero) is 1. The van der Waals surface area contributed by atoms with Crippen LogP contribution in [-0.4, -0.2) is 159 Å². The Morgan fingerprint density at radius 2 is 1.15 bits per heavy atom. The van der Waals surface area contributed by atoms with Gasteiger partial charge in [0.25, 0.3) is 0 Å². The largest absolute Gasteiger partial charge is 0.484 e. The summed E-state index contributed by atoms with van der Waals surface area (Å²) in [5.41, 5.74) is -3.62. The van der Waals surface area contributed by atoms with Crippen LogP contribution in [0, 0.1) is 0 Å². The van der Waals surface area contributed by atoms with Gasteiger partial charge in [-0.3, -0.25) is 47.9 Å². The maximum absolute atomic E-state index is 13.7. The molecule has 0 spiro atoms. The molecule has 4 aliphatic heterocycles. The summed E-state index contributed by atoms with van der Waals surface area (Å²) in [5.74, 6) is -9.17. The van der Waals surface area contributed by atoms with Gasteiger partial charge in [-0.05, 0) is 5.56 Å². The van der Waals surface area contributed by atoms with Crippen LogP contribution in [0.2, 0.25) is 0 Å². The fourth-order valence-electron chi connectivity index (χ4n) is 8.67. The Morgan fingerprint density at radius 1 is 0.587 bits per heavy atom. The van der Waals surface area contributed by atoms with Gasteiger partial charge in [0.1, 0.15) is 48.2 Å². The molecule has 3 fully saturated rings. The van der Waals surface area contributed by atoms with Crippen molar-refractivity contribution >= 4 is 59.5 Å². The maximum atomic E-state index is 13.7. The quantitative estimate of drug-likeness (QED) is 0.110. The Labute approximate surface area is 427 Å². The standard InChI is InChI=1S/C49H56O26/c1-23(50)60-18-38-40(66-26(4)53)41(67-27(5)54)42(45(72-38)70-33-15-36(65-25(3)52)39-34(59)17-35(71-37(39)16-33)32-13-11-10-12-14-32)73-47-44(69-29(7)56)49(22-64-47,75-31(9)58)21-63-46-43(68-28(6)55)48(20-62-46,74-30(8)57)19-61-24(2)51/h10-16,35,38,40-47H,17-22H2,1-9H3/t35?,38-,40-,41+,42-,43+,44+,45-,46?,47?,48-,49-/m1/s1. The zero-order chi connectivity index (χ0) is 54.9. The highest BCUT2D eigenvalue weighted by atomic mass is 16.8. The molecule has 12 atom stereocenters. The van der Waals surface area contributed by atoms with Crippen molar-refractivity contribution in [3.05, 3.63) is 53.6 Å². The third-order valence-electron chi connectivity index (χ3n) is 11.4. The Kier molecular flexibility index (Phi) is 18.5. The molecular formula is C49H56O26. The Hall–Kier alpha value is -7.26. The summed E-state index contributed by atoms with van der Waals surface area (Å²) in [7, 11) is 0. The molecule has 2 aromatic rings.